The first kappa shape index (κ1) is 16.9. The second-order valence-corrected chi connectivity index (χ2v) is 6.84. The van der Waals surface area contributed by atoms with Crippen LogP contribution in [-0.4, -0.2) is 48.0 Å². The quantitative estimate of drug-likeness (QED) is 0.832. The van der Waals surface area contributed by atoms with Crippen molar-refractivity contribution >= 4 is 23.1 Å². The van der Waals surface area contributed by atoms with Gasteiger partial charge in [0.2, 0.25) is 6.79 Å². The van der Waals surface area contributed by atoms with Gasteiger partial charge in [-0.1, -0.05) is 12.1 Å². The number of nitrogens with zero attached hydrogens (tertiary/aromatic N) is 3. The van der Waals surface area contributed by atoms with E-state index in [1.54, 1.807) is 0 Å². The summed E-state index contributed by atoms with van der Waals surface area (Å²) in [5.41, 5.74) is 2.17. The number of anilines is 1. The van der Waals surface area contributed by atoms with Gasteiger partial charge in [-0.25, -0.2) is 4.98 Å². The number of hydrogen-bond acceptors (Lipinski definition) is 5. The molecule has 2 aromatic rings. The van der Waals surface area contributed by atoms with Crippen molar-refractivity contribution in [2.45, 2.75) is 13.5 Å². The van der Waals surface area contributed by atoms with Gasteiger partial charge in [-0.15, -0.1) is 0 Å². The summed E-state index contributed by atoms with van der Waals surface area (Å²) < 4.78 is 10.8. The summed E-state index contributed by atoms with van der Waals surface area (Å²) >= 11 is 5.57. The number of piperazine rings is 1. The fourth-order valence-electron chi connectivity index (χ4n) is 3.18. The highest BCUT2D eigenvalue weighted by Gasteiger charge is 2.20. The van der Waals surface area contributed by atoms with Crippen LogP contribution in [0, 0.1) is 6.92 Å². The Morgan fingerprint density at radius 1 is 1.12 bits per heavy atom. The summed E-state index contributed by atoms with van der Waals surface area (Å²) in [7, 11) is 0. The Morgan fingerprint density at radius 3 is 2.73 bits per heavy atom. The highest BCUT2D eigenvalue weighted by molar-refractivity contribution is 7.80. The lowest BCUT2D eigenvalue weighted by atomic mass is 10.2. The van der Waals surface area contributed by atoms with Crippen LogP contribution < -0.4 is 19.7 Å². The van der Waals surface area contributed by atoms with E-state index in [9.17, 15) is 0 Å². The Morgan fingerprint density at radius 2 is 1.92 bits per heavy atom. The standard InChI is InChI=1S/C19H22N4O2S/c1-14-3-2-4-18(21-14)22-7-9-23(10-8-22)19(26)20-12-15-5-6-16-17(11-15)25-13-24-16/h2-6,11H,7-10,12-13H2,1H3,(H,20,26). The Balaban J connectivity index is 1.28. The molecule has 1 aromatic carbocycles. The largest absolute Gasteiger partial charge is 0.454 e. The molecule has 0 radical (unpaired) electrons. The van der Waals surface area contributed by atoms with Gasteiger partial charge in [-0.3, -0.25) is 0 Å². The van der Waals surface area contributed by atoms with Crippen molar-refractivity contribution in [2.24, 2.45) is 0 Å². The second-order valence-electron chi connectivity index (χ2n) is 6.46. The minimum absolute atomic E-state index is 0.296. The second kappa shape index (κ2) is 7.37. The molecule has 1 N–H and O–H groups in total. The SMILES string of the molecule is Cc1cccc(N2CCN(C(=S)NCc3ccc4c(c3)OCO4)CC2)n1. The monoisotopic (exact) mass is 370 g/mol. The maximum absolute atomic E-state index is 5.57. The lowest BCUT2D eigenvalue weighted by Gasteiger charge is -2.36. The highest BCUT2D eigenvalue weighted by Crippen LogP contribution is 2.32. The Hall–Kier alpha value is -2.54. The molecule has 2 aliphatic heterocycles. The van der Waals surface area contributed by atoms with Crippen molar-refractivity contribution < 1.29 is 9.47 Å². The molecule has 0 atom stereocenters. The number of pyridine rings is 1. The summed E-state index contributed by atoms with van der Waals surface area (Å²) in [6.07, 6.45) is 0. The molecule has 1 fully saturated rings. The van der Waals surface area contributed by atoms with E-state index in [2.05, 4.69) is 32.2 Å². The third kappa shape index (κ3) is 3.67. The number of ether oxygens (including phenoxy) is 2. The molecule has 4 rings (SSSR count). The number of nitrogens with one attached hydrogen (secondary N) is 1. The molecule has 1 saturated heterocycles. The van der Waals surface area contributed by atoms with Gasteiger partial charge in [0.15, 0.2) is 16.6 Å². The summed E-state index contributed by atoms with van der Waals surface area (Å²) in [6, 6.07) is 12.1. The molecule has 2 aliphatic rings. The van der Waals surface area contributed by atoms with Crippen LogP contribution >= 0.6 is 12.2 Å². The lowest BCUT2D eigenvalue weighted by molar-refractivity contribution is 0.174. The minimum atomic E-state index is 0.296. The van der Waals surface area contributed by atoms with E-state index in [0.29, 0.717) is 13.3 Å². The van der Waals surface area contributed by atoms with E-state index in [-0.39, 0.29) is 0 Å². The number of aromatic nitrogens is 1. The molecular formula is C19H22N4O2S. The smallest absolute Gasteiger partial charge is 0.231 e. The number of thiocarbonyl (C=S) groups is 1. The van der Waals surface area contributed by atoms with Crippen LogP contribution in [0.2, 0.25) is 0 Å². The van der Waals surface area contributed by atoms with Crippen molar-refractivity contribution in [3.05, 3.63) is 47.7 Å². The van der Waals surface area contributed by atoms with Crippen LogP contribution in [0.4, 0.5) is 5.82 Å². The Bertz CT molecular complexity index is 806. The van der Waals surface area contributed by atoms with Crippen molar-refractivity contribution in [3.63, 3.8) is 0 Å². The first-order valence-corrected chi connectivity index (χ1v) is 9.20. The fourth-order valence-corrected chi connectivity index (χ4v) is 3.44. The molecule has 0 amide bonds. The van der Waals surface area contributed by atoms with Gasteiger partial charge in [0.05, 0.1) is 0 Å². The zero-order valence-electron chi connectivity index (χ0n) is 14.8. The average Bonchev–Trinajstić information content (AvgIpc) is 3.14. The predicted molar refractivity (Wildman–Crippen MR) is 105 cm³/mol. The molecule has 26 heavy (non-hydrogen) atoms. The van der Waals surface area contributed by atoms with Crippen molar-refractivity contribution in [1.82, 2.24) is 15.2 Å². The Kier molecular flexibility index (Phi) is 4.79. The normalized spacial score (nSPS) is 15.9. The van der Waals surface area contributed by atoms with Gasteiger partial charge in [-0.2, -0.15) is 0 Å². The van der Waals surface area contributed by atoms with E-state index in [1.807, 2.05) is 31.2 Å². The van der Waals surface area contributed by atoms with E-state index in [1.165, 1.54) is 0 Å². The van der Waals surface area contributed by atoms with Gasteiger partial charge in [-0.05, 0) is 49.0 Å². The van der Waals surface area contributed by atoms with Crippen molar-refractivity contribution in [2.75, 3.05) is 37.9 Å². The van der Waals surface area contributed by atoms with E-state index < -0.39 is 0 Å². The third-order valence-corrected chi connectivity index (χ3v) is 5.05. The molecule has 136 valence electrons. The van der Waals surface area contributed by atoms with Crippen LogP contribution in [0.1, 0.15) is 11.3 Å². The molecule has 6 nitrogen and oxygen atoms in total. The van der Waals surface area contributed by atoms with Crippen LogP contribution in [0.15, 0.2) is 36.4 Å². The average molecular weight is 370 g/mol. The first-order chi connectivity index (χ1) is 12.7. The minimum Gasteiger partial charge on any atom is -0.454 e. The molecule has 7 heteroatoms. The number of aryl methyl sites for hydroxylation is 1. The first-order valence-electron chi connectivity index (χ1n) is 8.79. The molecule has 3 heterocycles. The van der Waals surface area contributed by atoms with Gasteiger partial charge < -0.3 is 24.6 Å². The maximum atomic E-state index is 5.57. The summed E-state index contributed by atoms with van der Waals surface area (Å²) in [6.45, 7) is 6.62. The van der Waals surface area contributed by atoms with E-state index in [4.69, 9.17) is 21.7 Å². The zero-order valence-corrected chi connectivity index (χ0v) is 15.6. The predicted octanol–water partition coefficient (Wildman–Crippen LogP) is 2.32. The third-order valence-electron chi connectivity index (χ3n) is 4.65. The maximum Gasteiger partial charge on any atom is 0.231 e. The van der Waals surface area contributed by atoms with Crippen LogP contribution in [0.3, 0.4) is 0 Å². The van der Waals surface area contributed by atoms with E-state index >= 15 is 0 Å². The van der Waals surface area contributed by atoms with Gasteiger partial charge in [0, 0.05) is 38.4 Å². The van der Waals surface area contributed by atoms with Crippen molar-refractivity contribution in [3.8, 4) is 11.5 Å². The highest BCUT2D eigenvalue weighted by atomic mass is 32.1. The molecular weight excluding hydrogens is 348 g/mol. The van der Waals surface area contributed by atoms with Gasteiger partial charge in [0.1, 0.15) is 5.82 Å². The van der Waals surface area contributed by atoms with Gasteiger partial charge >= 0.3 is 0 Å². The molecule has 0 saturated carbocycles. The van der Waals surface area contributed by atoms with Crippen molar-refractivity contribution in [1.29, 1.82) is 0 Å². The molecule has 1 aromatic heterocycles. The topological polar surface area (TPSA) is 49.9 Å². The molecule has 0 spiro atoms. The van der Waals surface area contributed by atoms with Gasteiger partial charge in [0.25, 0.3) is 0 Å². The molecule has 0 bridgehead atoms. The van der Waals surface area contributed by atoms with Crippen LogP contribution in [0.25, 0.3) is 0 Å². The summed E-state index contributed by atoms with van der Waals surface area (Å²) in [5, 5.41) is 4.14. The molecule has 0 aliphatic carbocycles. The van der Waals surface area contributed by atoms with Crippen LogP contribution in [0.5, 0.6) is 11.5 Å². The number of benzene rings is 1. The fraction of sp³-hybridized carbons (Fsp3) is 0.368. The molecule has 0 unspecified atom stereocenters. The van der Waals surface area contributed by atoms with Crippen LogP contribution in [-0.2, 0) is 6.54 Å². The lowest BCUT2D eigenvalue weighted by Crippen LogP contribution is -2.51. The summed E-state index contributed by atoms with van der Waals surface area (Å²) in [5.74, 6) is 2.65. The Labute approximate surface area is 158 Å². The van der Waals surface area contributed by atoms with E-state index in [0.717, 1.165) is 59.9 Å². The number of rotatable bonds is 3. The summed E-state index contributed by atoms with van der Waals surface area (Å²) in [4.78, 5) is 9.13. The zero-order chi connectivity index (χ0) is 17.9. The number of hydrogen-bond donors (Lipinski definition) is 1. The number of fused-ring (bicyclic) bond motifs is 1.